The maximum atomic E-state index is 14.7. The van der Waals surface area contributed by atoms with Gasteiger partial charge in [-0.05, 0) is 30.0 Å². The first kappa shape index (κ1) is 24.9. The van der Waals surface area contributed by atoms with E-state index >= 15 is 0 Å². The second-order valence-corrected chi connectivity index (χ2v) is 9.67. The van der Waals surface area contributed by atoms with E-state index in [1.165, 1.54) is 13.8 Å². The van der Waals surface area contributed by atoms with Gasteiger partial charge in [0.05, 0.1) is 18.5 Å². The van der Waals surface area contributed by atoms with Crippen molar-refractivity contribution in [2.24, 2.45) is 11.3 Å². The third-order valence-corrected chi connectivity index (χ3v) is 6.37. The van der Waals surface area contributed by atoms with Crippen LogP contribution in [0.25, 0.3) is 0 Å². The van der Waals surface area contributed by atoms with Crippen molar-refractivity contribution in [1.29, 1.82) is 0 Å². The zero-order chi connectivity index (χ0) is 24.6. The van der Waals surface area contributed by atoms with E-state index in [1.807, 2.05) is 19.9 Å². The molecule has 2 aliphatic heterocycles. The second-order valence-electron chi connectivity index (χ2n) is 9.67. The van der Waals surface area contributed by atoms with Crippen LogP contribution >= 0.6 is 0 Å². The van der Waals surface area contributed by atoms with Gasteiger partial charge in [0, 0.05) is 24.3 Å². The fourth-order valence-corrected chi connectivity index (χ4v) is 4.29. The topological polar surface area (TPSA) is 111 Å². The summed E-state index contributed by atoms with van der Waals surface area (Å²) in [6.45, 7) is 5.73. The fourth-order valence-electron chi connectivity index (χ4n) is 4.29. The molecular weight excluding hydrogens is 434 g/mol. The highest BCUT2D eigenvalue weighted by atomic mass is 19.3. The first-order valence-corrected chi connectivity index (χ1v) is 11.1. The Balaban J connectivity index is 1.70. The highest BCUT2D eigenvalue weighted by Gasteiger charge is 2.64. The number of rotatable bonds is 7. The van der Waals surface area contributed by atoms with Crippen LogP contribution < -0.4 is 16.0 Å². The predicted octanol–water partition coefficient (Wildman–Crippen LogP) is 1.39. The van der Waals surface area contributed by atoms with Gasteiger partial charge in [-0.25, -0.2) is 8.78 Å². The number of hydrogen-bond acceptors (Lipinski definition) is 5. The lowest BCUT2D eigenvalue weighted by Gasteiger charge is -2.33. The van der Waals surface area contributed by atoms with E-state index in [9.17, 15) is 28.3 Å². The van der Waals surface area contributed by atoms with Crippen LogP contribution in [0.5, 0.6) is 0 Å². The lowest BCUT2D eigenvalue weighted by molar-refractivity contribution is -0.146. The average Bonchev–Trinajstić information content (AvgIpc) is 3.29. The van der Waals surface area contributed by atoms with Gasteiger partial charge < -0.3 is 26.0 Å². The minimum atomic E-state index is -3.33. The van der Waals surface area contributed by atoms with Crippen molar-refractivity contribution >= 4 is 23.4 Å². The monoisotopic (exact) mass is 466 g/mol. The molecule has 1 aromatic rings. The molecule has 0 aliphatic carbocycles. The zero-order valence-electron chi connectivity index (χ0n) is 19.4. The van der Waals surface area contributed by atoms with Gasteiger partial charge >= 0.3 is 0 Å². The number of likely N-dealkylation sites (tertiary alicyclic amines) is 1. The number of benzene rings is 1. The number of aliphatic hydroxyl groups excluding tert-OH is 1. The molecule has 0 unspecified atom stereocenters. The van der Waals surface area contributed by atoms with Crippen LogP contribution in [-0.4, -0.2) is 72.0 Å². The van der Waals surface area contributed by atoms with Gasteiger partial charge in [-0.15, -0.1) is 0 Å². The van der Waals surface area contributed by atoms with E-state index in [0.717, 1.165) is 16.2 Å². The minimum Gasteiger partial charge on any atom is -0.384 e. The summed E-state index contributed by atoms with van der Waals surface area (Å²) in [4.78, 5) is 39.0. The van der Waals surface area contributed by atoms with E-state index in [-0.39, 0.29) is 12.5 Å². The molecule has 3 rings (SSSR count). The molecule has 1 saturated heterocycles. The number of halogens is 2. The van der Waals surface area contributed by atoms with Crippen molar-refractivity contribution in [2.45, 2.75) is 52.2 Å². The summed E-state index contributed by atoms with van der Waals surface area (Å²) in [6, 6.07) is 3.78. The number of carbonyl (C=O) groups excluding carboxylic acids is 3. The van der Waals surface area contributed by atoms with Crippen molar-refractivity contribution in [3.63, 3.8) is 0 Å². The molecule has 10 heteroatoms. The maximum absolute atomic E-state index is 14.7. The van der Waals surface area contributed by atoms with Crippen LogP contribution in [0.1, 0.15) is 43.6 Å². The molecule has 1 fully saturated rings. The van der Waals surface area contributed by atoms with Crippen LogP contribution in [-0.2, 0) is 16.0 Å². The Bertz CT molecular complexity index is 935. The van der Waals surface area contributed by atoms with Crippen molar-refractivity contribution in [2.75, 3.05) is 31.5 Å². The van der Waals surface area contributed by atoms with E-state index in [0.29, 0.717) is 18.5 Å². The highest BCUT2D eigenvalue weighted by molar-refractivity contribution is 5.98. The molecule has 0 spiro atoms. The SMILES string of the molecule is CC(C)CNC(=O)[C@H]1N(C(=O)[C@@H](O)CNC(=O)c2cccc3c2CCN3)CC(F)(F)C1(C)C. The molecule has 0 saturated carbocycles. The summed E-state index contributed by atoms with van der Waals surface area (Å²) < 4.78 is 29.5. The average molecular weight is 467 g/mol. The Labute approximate surface area is 192 Å². The quantitative estimate of drug-likeness (QED) is 0.486. The summed E-state index contributed by atoms with van der Waals surface area (Å²) >= 11 is 0. The number of hydrogen-bond donors (Lipinski definition) is 4. The Morgan fingerprint density at radius 2 is 1.91 bits per heavy atom. The molecule has 33 heavy (non-hydrogen) atoms. The summed E-state index contributed by atoms with van der Waals surface area (Å²) in [5.74, 6) is -5.42. The Morgan fingerprint density at radius 3 is 2.58 bits per heavy atom. The molecular formula is C23H32F2N4O4. The van der Waals surface area contributed by atoms with Crippen molar-refractivity contribution < 1.29 is 28.3 Å². The standard InChI is InChI=1S/C23H32F2N4O4/c1-13(2)10-27-20(32)18-22(3,4)23(24,25)12-29(18)21(33)17(30)11-28-19(31)15-6-5-7-16-14(15)8-9-26-16/h5-7,13,17-18,26,30H,8-12H2,1-4H3,(H,27,32)(H,28,31)/t17-,18+/m0/s1. The number of carbonyl (C=O) groups is 3. The van der Waals surface area contributed by atoms with E-state index in [1.54, 1.807) is 12.1 Å². The van der Waals surface area contributed by atoms with Crippen molar-refractivity contribution in [1.82, 2.24) is 15.5 Å². The largest absolute Gasteiger partial charge is 0.384 e. The number of fused-ring (bicyclic) bond motifs is 1. The van der Waals surface area contributed by atoms with Gasteiger partial charge in [0.2, 0.25) is 5.91 Å². The third kappa shape index (κ3) is 4.80. The first-order valence-electron chi connectivity index (χ1n) is 11.1. The Hall–Kier alpha value is -2.75. The number of nitrogens with zero attached hydrogens (tertiary/aromatic N) is 1. The zero-order valence-corrected chi connectivity index (χ0v) is 19.4. The molecule has 2 heterocycles. The lowest BCUT2D eigenvalue weighted by Crippen LogP contribution is -2.55. The fraction of sp³-hybridized carbons (Fsp3) is 0.609. The Kier molecular flexibility index (Phi) is 6.97. The lowest BCUT2D eigenvalue weighted by atomic mass is 9.81. The van der Waals surface area contributed by atoms with Crippen LogP contribution in [0.2, 0.25) is 0 Å². The summed E-state index contributed by atoms with van der Waals surface area (Å²) in [7, 11) is 0. The summed E-state index contributed by atoms with van der Waals surface area (Å²) in [5, 5.41) is 18.7. The summed E-state index contributed by atoms with van der Waals surface area (Å²) in [5.41, 5.74) is 0.302. The molecule has 0 radical (unpaired) electrons. The van der Waals surface area contributed by atoms with Crippen molar-refractivity contribution in [3.05, 3.63) is 29.3 Å². The molecule has 1 aromatic carbocycles. The third-order valence-electron chi connectivity index (χ3n) is 6.37. The van der Waals surface area contributed by atoms with Crippen molar-refractivity contribution in [3.8, 4) is 0 Å². The van der Waals surface area contributed by atoms with Crippen LogP contribution in [0.3, 0.4) is 0 Å². The van der Waals surface area contributed by atoms with Gasteiger partial charge in [0.1, 0.15) is 12.1 Å². The second kappa shape index (κ2) is 9.24. The number of anilines is 1. The first-order chi connectivity index (χ1) is 15.4. The van der Waals surface area contributed by atoms with Crippen LogP contribution in [0.15, 0.2) is 18.2 Å². The molecule has 4 N–H and O–H groups in total. The number of alkyl halides is 2. The number of aliphatic hydroxyl groups is 1. The van der Waals surface area contributed by atoms with E-state index in [4.69, 9.17) is 0 Å². The molecule has 182 valence electrons. The summed E-state index contributed by atoms with van der Waals surface area (Å²) in [6.07, 6.45) is -1.10. The Morgan fingerprint density at radius 1 is 1.21 bits per heavy atom. The molecule has 2 atom stereocenters. The van der Waals surface area contributed by atoms with E-state index < -0.39 is 54.3 Å². The number of amides is 3. The van der Waals surface area contributed by atoms with Gasteiger partial charge in [-0.3, -0.25) is 14.4 Å². The minimum absolute atomic E-state index is 0.0959. The molecule has 0 bridgehead atoms. The maximum Gasteiger partial charge on any atom is 0.272 e. The highest BCUT2D eigenvalue weighted by Crippen LogP contribution is 2.48. The molecule has 2 aliphatic rings. The van der Waals surface area contributed by atoms with E-state index in [2.05, 4.69) is 16.0 Å². The van der Waals surface area contributed by atoms with Crippen LogP contribution in [0.4, 0.5) is 14.5 Å². The van der Waals surface area contributed by atoms with Gasteiger partial charge in [-0.1, -0.05) is 33.8 Å². The molecule has 8 nitrogen and oxygen atoms in total. The van der Waals surface area contributed by atoms with Gasteiger partial charge in [-0.2, -0.15) is 0 Å². The smallest absolute Gasteiger partial charge is 0.272 e. The van der Waals surface area contributed by atoms with Gasteiger partial charge in [0.15, 0.2) is 0 Å². The van der Waals surface area contributed by atoms with Crippen LogP contribution in [0, 0.1) is 11.3 Å². The molecule has 0 aromatic heterocycles. The predicted molar refractivity (Wildman–Crippen MR) is 119 cm³/mol. The molecule has 3 amide bonds. The van der Waals surface area contributed by atoms with Gasteiger partial charge in [0.25, 0.3) is 17.7 Å². The normalized spacial score (nSPS) is 21.3. The number of nitrogens with one attached hydrogen (secondary N) is 3.